The SMILES string of the molecule is CC(C)c1c(C(=O)N2CCN([C@@H]3CCc4ccccc4C3)CC2)cnn1-c1nccc(-c2ccco2)n1. The highest BCUT2D eigenvalue weighted by Gasteiger charge is 2.31. The highest BCUT2D eigenvalue weighted by molar-refractivity contribution is 5.95. The number of rotatable bonds is 5. The van der Waals surface area contributed by atoms with Crippen molar-refractivity contribution in [1.82, 2.24) is 29.5 Å². The van der Waals surface area contributed by atoms with Crippen molar-refractivity contribution in [1.29, 1.82) is 0 Å². The third-order valence-corrected chi connectivity index (χ3v) is 7.63. The molecule has 1 aliphatic heterocycles. The van der Waals surface area contributed by atoms with Crippen LogP contribution < -0.4 is 0 Å². The molecule has 1 aromatic carbocycles. The van der Waals surface area contributed by atoms with Crippen molar-refractivity contribution in [2.45, 2.75) is 45.1 Å². The van der Waals surface area contributed by atoms with Gasteiger partial charge in [0.25, 0.3) is 11.9 Å². The fraction of sp³-hybridized carbons (Fsp3) is 0.379. The van der Waals surface area contributed by atoms with Gasteiger partial charge in [0, 0.05) is 38.4 Å². The standard InChI is InChI=1S/C29H32N6O2/c1-20(2)27-24(19-31-35(27)29-30-12-11-25(32-29)26-8-5-17-37-26)28(36)34-15-13-33(14-16-34)23-10-9-21-6-3-4-7-22(21)18-23/h3-8,11-12,17,19-20,23H,9-10,13-16,18H2,1-2H3/t23-/m1/s1. The summed E-state index contributed by atoms with van der Waals surface area (Å²) < 4.78 is 7.19. The lowest BCUT2D eigenvalue weighted by Gasteiger charge is -2.41. The van der Waals surface area contributed by atoms with E-state index in [1.54, 1.807) is 29.4 Å². The lowest BCUT2D eigenvalue weighted by Crippen LogP contribution is -2.53. The number of furan rings is 1. The highest BCUT2D eigenvalue weighted by Crippen LogP contribution is 2.27. The zero-order valence-corrected chi connectivity index (χ0v) is 21.4. The van der Waals surface area contributed by atoms with Gasteiger partial charge in [0.1, 0.15) is 5.69 Å². The van der Waals surface area contributed by atoms with Crippen molar-refractivity contribution < 1.29 is 9.21 Å². The summed E-state index contributed by atoms with van der Waals surface area (Å²) in [6.45, 7) is 7.39. The Balaban J connectivity index is 1.18. The van der Waals surface area contributed by atoms with Gasteiger partial charge >= 0.3 is 0 Å². The van der Waals surface area contributed by atoms with Crippen LogP contribution in [0.1, 0.15) is 53.4 Å². The molecule has 1 atom stereocenters. The van der Waals surface area contributed by atoms with E-state index in [-0.39, 0.29) is 11.8 Å². The first kappa shape index (κ1) is 23.6. The number of aryl methyl sites for hydroxylation is 1. The Labute approximate surface area is 216 Å². The predicted molar refractivity (Wildman–Crippen MR) is 141 cm³/mol. The minimum atomic E-state index is 0.0331. The first-order chi connectivity index (χ1) is 18.1. The Kier molecular flexibility index (Phi) is 6.34. The summed E-state index contributed by atoms with van der Waals surface area (Å²) in [6.07, 6.45) is 8.41. The van der Waals surface area contributed by atoms with Gasteiger partial charge in [0.2, 0.25) is 0 Å². The molecule has 0 radical (unpaired) electrons. The molecule has 1 saturated heterocycles. The lowest BCUT2D eigenvalue weighted by molar-refractivity contribution is 0.0551. The lowest BCUT2D eigenvalue weighted by atomic mass is 9.87. The summed E-state index contributed by atoms with van der Waals surface area (Å²) in [5.74, 6) is 1.20. The summed E-state index contributed by atoms with van der Waals surface area (Å²) in [5, 5.41) is 4.56. The first-order valence-corrected chi connectivity index (χ1v) is 13.1. The Hall–Kier alpha value is -3.78. The van der Waals surface area contributed by atoms with Gasteiger partial charge in [-0.3, -0.25) is 9.69 Å². The van der Waals surface area contributed by atoms with E-state index in [1.807, 2.05) is 17.0 Å². The predicted octanol–water partition coefficient (Wildman–Crippen LogP) is 4.36. The van der Waals surface area contributed by atoms with Crippen molar-refractivity contribution >= 4 is 5.91 Å². The number of benzene rings is 1. The Bertz CT molecular complexity index is 1390. The van der Waals surface area contributed by atoms with Gasteiger partial charge in [0.15, 0.2) is 5.76 Å². The van der Waals surface area contributed by atoms with Crippen molar-refractivity contribution in [2.24, 2.45) is 0 Å². The number of aromatic nitrogens is 4. The van der Waals surface area contributed by atoms with E-state index < -0.39 is 0 Å². The summed E-state index contributed by atoms with van der Waals surface area (Å²) in [5.41, 5.74) is 5.10. The molecule has 1 fully saturated rings. The second kappa shape index (κ2) is 9.94. The van der Waals surface area contributed by atoms with Crippen LogP contribution in [0.4, 0.5) is 0 Å². The zero-order chi connectivity index (χ0) is 25.4. The van der Waals surface area contributed by atoms with Crippen LogP contribution in [-0.2, 0) is 12.8 Å². The molecular formula is C29H32N6O2. The number of carbonyl (C=O) groups is 1. The van der Waals surface area contributed by atoms with E-state index >= 15 is 0 Å². The van der Waals surface area contributed by atoms with Crippen LogP contribution in [0.3, 0.4) is 0 Å². The fourth-order valence-corrected chi connectivity index (χ4v) is 5.70. The zero-order valence-electron chi connectivity index (χ0n) is 21.4. The average molecular weight is 497 g/mol. The Morgan fingerprint density at radius 1 is 1.03 bits per heavy atom. The minimum absolute atomic E-state index is 0.0331. The van der Waals surface area contributed by atoms with Crippen molar-refractivity contribution in [3.8, 4) is 17.4 Å². The van der Waals surface area contributed by atoms with E-state index in [9.17, 15) is 4.79 Å². The van der Waals surface area contributed by atoms with Gasteiger partial charge in [0.05, 0.1) is 23.7 Å². The maximum Gasteiger partial charge on any atom is 0.257 e. The van der Waals surface area contributed by atoms with E-state index in [4.69, 9.17) is 4.42 Å². The van der Waals surface area contributed by atoms with Gasteiger partial charge in [-0.15, -0.1) is 0 Å². The largest absolute Gasteiger partial charge is 0.463 e. The molecule has 4 aromatic rings. The molecular weight excluding hydrogens is 464 g/mol. The number of nitrogens with zero attached hydrogens (tertiary/aromatic N) is 6. The third-order valence-electron chi connectivity index (χ3n) is 7.63. The minimum Gasteiger partial charge on any atom is -0.463 e. The molecule has 1 aliphatic carbocycles. The highest BCUT2D eigenvalue weighted by atomic mass is 16.3. The number of hydrogen-bond donors (Lipinski definition) is 0. The Morgan fingerprint density at radius 3 is 2.59 bits per heavy atom. The quantitative estimate of drug-likeness (QED) is 0.408. The van der Waals surface area contributed by atoms with E-state index in [0.717, 1.165) is 44.7 Å². The normalized spacial score (nSPS) is 18.2. The molecule has 0 saturated carbocycles. The number of hydrogen-bond acceptors (Lipinski definition) is 6. The van der Waals surface area contributed by atoms with Gasteiger partial charge in [-0.05, 0) is 54.5 Å². The molecule has 0 N–H and O–H groups in total. The van der Waals surface area contributed by atoms with Crippen LogP contribution in [0, 0.1) is 0 Å². The molecule has 0 bridgehead atoms. The molecule has 0 spiro atoms. The molecule has 2 aliphatic rings. The molecule has 8 heteroatoms. The van der Waals surface area contributed by atoms with Crippen LogP contribution >= 0.6 is 0 Å². The van der Waals surface area contributed by atoms with E-state index in [2.05, 4.69) is 58.1 Å². The van der Waals surface area contributed by atoms with Gasteiger partial charge in [-0.25, -0.2) is 14.6 Å². The summed E-state index contributed by atoms with van der Waals surface area (Å²) >= 11 is 0. The molecule has 8 nitrogen and oxygen atoms in total. The van der Waals surface area contributed by atoms with E-state index in [1.165, 1.54) is 17.5 Å². The van der Waals surface area contributed by atoms with Crippen molar-refractivity contribution in [3.63, 3.8) is 0 Å². The summed E-state index contributed by atoms with van der Waals surface area (Å²) in [7, 11) is 0. The second-order valence-electron chi connectivity index (χ2n) is 10.2. The molecule has 0 unspecified atom stereocenters. The summed E-state index contributed by atoms with van der Waals surface area (Å²) in [4.78, 5) is 27.3. The van der Waals surface area contributed by atoms with Crippen LogP contribution in [0.2, 0.25) is 0 Å². The molecule has 190 valence electrons. The summed E-state index contributed by atoms with van der Waals surface area (Å²) in [6, 6.07) is 14.8. The third kappa shape index (κ3) is 4.57. The monoisotopic (exact) mass is 496 g/mol. The smallest absolute Gasteiger partial charge is 0.257 e. The second-order valence-corrected chi connectivity index (χ2v) is 10.2. The Morgan fingerprint density at radius 2 is 1.84 bits per heavy atom. The van der Waals surface area contributed by atoms with Crippen LogP contribution in [0.25, 0.3) is 17.4 Å². The maximum atomic E-state index is 13.7. The fourth-order valence-electron chi connectivity index (χ4n) is 5.70. The van der Waals surface area contributed by atoms with Crippen molar-refractivity contribution in [2.75, 3.05) is 26.2 Å². The number of carbonyl (C=O) groups excluding carboxylic acids is 1. The maximum absolute atomic E-state index is 13.7. The van der Waals surface area contributed by atoms with Crippen LogP contribution in [0.15, 0.2) is 65.5 Å². The molecule has 3 aromatic heterocycles. The number of fused-ring (bicyclic) bond motifs is 1. The topological polar surface area (TPSA) is 80.3 Å². The average Bonchev–Trinajstić information content (AvgIpc) is 3.64. The van der Waals surface area contributed by atoms with Gasteiger partial charge in [-0.1, -0.05) is 38.1 Å². The van der Waals surface area contributed by atoms with Crippen LogP contribution in [0.5, 0.6) is 0 Å². The molecule has 4 heterocycles. The molecule has 37 heavy (non-hydrogen) atoms. The molecule has 6 rings (SSSR count). The first-order valence-electron chi connectivity index (χ1n) is 13.1. The van der Waals surface area contributed by atoms with Gasteiger partial charge in [-0.2, -0.15) is 5.10 Å². The number of amides is 1. The van der Waals surface area contributed by atoms with Crippen molar-refractivity contribution in [3.05, 3.63) is 83.5 Å². The van der Waals surface area contributed by atoms with Crippen LogP contribution in [-0.4, -0.2) is 67.7 Å². The van der Waals surface area contributed by atoms with Gasteiger partial charge < -0.3 is 9.32 Å². The molecule has 1 amide bonds. The number of piperazine rings is 1. The van der Waals surface area contributed by atoms with E-state index in [0.29, 0.717) is 29.0 Å².